The van der Waals surface area contributed by atoms with Gasteiger partial charge in [0.25, 0.3) is 0 Å². The van der Waals surface area contributed by atoms with Crippen LogP contribution in [0.15, 0.2) is 24.4 Å². The Morgan fingerprint density at radius 1 is 1.50 bits per heavy atom. The van der Waals surface area contributed by atoms with Crippen molar-refractivity contribution in [1.82, 2.24) is 15.5 Å². The Kier molecular flexibility index (Phi) is 3.94. The summed E-state index contributed by atoms with van der Waals surface area (Å²) in [6, 6.07) is 6.03. The van der Waals surface area contributed by atoms with Crippen molar-refractivity contribution in [3.63, 3.8) is 0 Å². The average Bonchev–Trinajstić information content (AvgIpc) is 2.83. The van der Waals surface area contributed by atoms with Gasteiger partial charge in [0, 0.05) is 17.1 Å². The van der Waals surface area contributed by atoms with Crippen LogP contribution in [0.2, 0.25) is 0 Å². The van der Waals surface area contributed by atoms with Gasteiger partial charge < -0.3 is 10.6 Å². The van der Waals surface area contributed by atoms with Gasteiger partial charge in [0.15, 0.2) is 0 Å². The number of fused-ring (bicyclic) bond motifs is 1. The van der Waals surface area contributed by atoms with Crippen LogP contribution in [0.5, 0.6) is 0 Å². The van der Waals surface area contributed by atoms with Gasteiger partial charge in [0.05, 0.1) is 18.3 Å². The Morgan fingerprint density at radius 3 is 3.11 bits per heavy atom. The van der Waals surface area contributed by atoms with Gasteiger partial charge in [-0.15, -0.1) is 0 Å². The molecular formula is C13H18N4O. The van der Waals surface area contributed by atoms with Crippen LogP contribution in [0.4, 0.5) is 5.69 Å². The molecule has 0 spiro atoms. The summed E-state index contributed by atoms with van der Waals surface area (Å²) in [4.78, 5) is 11.7. The number of nitrogens with one attached hydrogen (secondary N) is 3. The number of hydrogen-bond acceptors (Lipinski definition) is 3. The van der Waals surface area contributed by atoms with Crippen LogP contribution in [0.3, 0.4) is 0 Å². The normalized spacial score (nSPS) is 12.6. The number of amides is 1. The van der Waals surface area contributed by atoms with E-state index in [1.165, 1.54) is 0 Å². The molecule has 0 fully saturated rings. The molecule has 0 radical (unpaired) electrons. The zero-order valence-electron chi connectivity index (χ0n) is 10.7. The maximum Gasteiger partial charge on any atom is 0.238 e. The highest BCUT2D eigenvalue weighted by atomic mass is 16.1. The van der Waals surface area contributed by atoms with E-state index in [0.29, 0.717) is 12.6 Å². The average molecular weight is 246 g/mol. The summed E-state index contributed by atoms with van der Waals surface area (Å²) in [7, 11) is 0. The minimum absolute atomic E-state index is 0.0332. The molecule has 5 nitrogen and oxygen atoms in total. The number of aromatic amines is 1. The third-order valence-electron chi connectivity index (χ3n) is 2.95. The molecule has 96 valence electrons. The Bertz CT molecular complexity index is 535. The van der Waals surface area contributed by atoms with Gasteiger partial charge in [-0.05, 0) is 31.5 Å². The van der Waals surface area contributed by atoms with Crippen LogP contribution < -0.4 is 10.6 Å². The van der Waals surface area contributed by atoms with Crippen LogP contribution in [-0.2, 0) is 4.79 Å². The molecule has 1 heterocycles. The second-order valence-electron chi connectivity index (χ2n) is 4.41. The summed E-state index contributed by atoms with van der Waals surface area (Å²) in [6.45, 7) is 4.47. The largest absolute Gasteiger partial charge is 0.325 e. The summed E-state index contributed by atoms with van der Waals surface area (Å²) >= 11 is 0. The number of H-pyrrole nitrogens is 1. The summed E-state index contributed by atoms with van der Waals surface area (Å²) in [6.07, 6.45) is 2.76. The summed E-state index contributed by atoms with van der Waals surface area (Å²) in [5, 5.41) is 13.9. The van der Waals surface area contributed by atoms with Gasteiger partial charge in [-0.1, -0.05) is 6.92 Å². The molecule has 0 saturated heterocycles. The summed E-state index contributed by atoms with van der Waals surface area (Å²) in [5.41, 5.74) is 1.70. The van der Waals surface area contributed by atoms with Crippen molar-refractivity contribution in [2.24, 2.45) is 0 Å². The first-order chi connectivity index (χ1) is 8.69. The van der Waals surface area contributed by atoms with Crippen LogP contribution >= 0.6 is 0 Å². The number of anilines is 1. The Morgan fingerprint density at radius 2 is 2.33 bits per heavy atom. The Balaban J connectivity index is 1.94. The molecular weight excluding hydrogens is 228 g/mol. The maximum atomic E-state index is 11.7. The van der Waals surface area contributed by atoms with E-state index in [-0.39, 0.29) is 5.91 Å². The van der Waals surface area contributed by atoms with Gasteiger partial charge in [-0.25, -0.2) is 0 Å². The maximum absolute atomic E-state index is 11.7. The van der Waals surface area contributed by atoms with Crippen molar-refractivity contribution in [3.8, 4) is 0 Å². The predicted octanol–water partition coefficient (Wildman–Crippen LogP) is 1.89. The van der Waals surface area contributed by atoms with Crippen molar-refractivity contribution < 1.29 is 4.79 Å². The van der Waals surface area contributed by atoms with E-state index < -0.39 is 0 Å². The second kappa shape index (κ2) is 5.64. The van der Waals surface area contributed by atoms with Crippen LogP contribution in [0.25, 0.3) is 10.9 Å². The molecule has 0 aliphatic heterocycles. The zero-order chi connectivity index (χ0) is 13.0. The van der Waals surface area contributed by atoms with E-state index >= 15 is 0 Å². The molecule has 0 aliphatic rings. The SMILES string of the molecule is CCC(C)NCC(=O)Nc1ccc2cn[nH]c2c1. The molecule has 0 saturated carbocycles. The Hall–Kier alpha value is -1.88. The van der Waals surface area contributed by atoms with E-state index in [2.05, 4.69) is 34.7 Å². The smallest absolute Gasteiger partial charge is 0.238 e. The molecule has 0 bridgehead atoms. The first-order valence-electron chi connectivity index (χ1n) is 6.15. The van der Waals surface area contributed by atoms with Crippen LogP contribution in [0, 0.1) is 0 Å². The van der Waals surface area contributed by atoms with Crippen molar-refractivity contribution >= 4 is 22.5 Å². The molecule has 2 rings (SSSR count). The number of carbonyl (C=O) groups excluding carboxylic acids is 1. The summed E-state index contributed by atoms with van der Waals surface area (Å²) < 4.78 is 0. The first-order valence-corrected chi connectivity index (χ1v) is 6.15. The number of hydrogen-bond donors (Lipinski definition) is 3. The lowest BCUT2D eigenvalue weighted by Gasteiger charge is -2.11. The standard InChI is InChI=1S/C13H18N4O/c1-3-9(2)14-8-13(18)16-11-5-4-10-7-15-17-12(10)6-11/h4-7,9,14H,3,8H2,1-2H3,(H,15,17)(H,16,18). The Labute approximate surface area is 106 Å². The minimum Gasteiger partial charge on any atom is -0.325 e. The van der Waals surface area contributed by atoms with E-state index in [9.17, 15) is 4.79 Å². The van der Waals surface area contributed by atoms with Crippen molar-refractivity contribution in [2.75, 3.05) is 11.9 Å². The van der Waals surface area contributed by atoms with Gasteiger partial charge in [-0.3, -0.25) is 9.89 Å². The zero-order valence-corrected chi connectivity index (χ0v) is 10.7. The number of benzene rings is 1. The monoisotopic (exact) mass is 246 g/mol. The van der Waals surface area contributed by atoms with Gasteiger partial charge in [0.2, 0.25) is 5.91 Å². The fraction of sp³-hybridized carbons (Fsp3) is 0.385. The summed E-state index contributed by atoms with van der Waals surface area (Å²) in [5.74, 6) is -0.0332. The molecule has 1 aromatic heterocycles. The fourth-order valence-electron chi connectivity index (χ4n) is 1.63. The molecule has 0 aliphatic carbocycles. The topological polar surface area (TPSA) is 69.8 Å². The van der Waals surface area contributed by atoms with Crippen molar-refractivity contribution in [1.29, 1.82) is 0 Å². The highest BCUT2D eigenvalue weighted by molar-refractivity contribution is 5.94. The second-order valence-corrected chi connectivity index (χ2v) is 4.41. The van der Waals surface area contributed by atoms with Crippen LogP contribution in [-0.4, -0.2) is 28.7 Å². The van der Waals surface area contributed by atoms with E-state index in [1.54, 1.807) is 6.20 Å². The van der Waals surface area contributed by atoms with Crippen molar-refractivity contribution in [2.45, 2.75) is 26.3 Å². The van der Waals surface area contributed by atoms with Gasteiger partial charge in [-0.2, -0.15) is 5.10 Å². The third kappa shape index (κ3) is 3.07. The van der Waals surface area contributed by atoms with E-state index in [1.807, 2.05) is 18.2 Å². The van der Waals surface area contributed by atoms with E-state index in [4.69, 9.17) is 0 Å². The lowest BCUT2D eigenvalue weighted by atomic mass is 10.2. The van der Waals surface area contributed by atoms with Crippen molar-refractivity contribution in [3.05, 3.63) is 24.4 Å². The molecule has 3 N–H and O–H groups in total. The molecule has 18 heavy (non-hydrogen) atoms. The van der Waals surface area contributed by atoms with Crippen LogP contribution in [0.1, 0.15) is 20.3 Å². The third-order valence-corrected chi connectivity index (χ3v) is 2.95. The first kappa shape index (κ1) is 12.6. The molecule has 2 aromatic rings. The molecule has 5 heteroatoms. The number of rotatable bonds is 5. The number of nitrogens with zero attached hydrogens (tertiary/aromatic N) is 1. The van der Waals surface area contributed by atoms with E-state index in [0.717, 1.165) is 23.0 Å². The molecule has 1 unspecified atom stereocenters. The number of aromatic nitrogens is 2. The van der Waals surface area contributed by atoms with Gasteiger partial charge >= 0.3 is 0 Å². The number of carbonyl (C=O) groups is 1. The van der Waals surface area contributed by atoms with Gasteiger partial charge in [0.1, 0.15) is 0 Å². The fourth-order valence-corrected chi connectivity index (χ4v) is 1.63. The lowest BCUT2D eigenvalue weighted by Crippen LogP contribution is -2.33. The lowest BCUT2D eigenvalue weighted by molar-refractivity contribution is -0.115. The predicted molar refractivity (Wildman–Crippen MR) is 72.5 cm³/mol. The highest BCUT2D eigenvalue weighted by Gasteiger charge is 2.05. The molecule has 1 atom stereocenters. The quantitative estimate of drug-likeness (QED) is 0.754. The minimum atomic E-state index is -0.0332. The highest BCUT2D eigenvalue weighted by Crippen LogP contribution is 2.16. The molecule has 1 aromatic carbocycles. The molecule has 1 amide bonds.